The Morgan fingerprint density at radius 3 is 2.57 bits per heavy atom. The number of imidazole rings is 1. The van der Waals surface area contributed by atoms with E-state index in [9.17, 15) is 5.26 Å². The molecular weight excluding hydrogens is 290 g/mol. The molecule has 3 heterocycles. The molecule has 0 bridgehead atoms. The molecule has 0 spiro atoms. The maximum Gasteiger partial charge on any atom is 0.224 e. The van der Waals surface area contributed by atoms with E-state index in [0.717, 1.165) is 11.2 Å². The average Bonchev–Trinajstić information content (AvgIpc) is 2.94. The van der Waals surface area contributed by atoms with Gasteiger partial charge in [0.1, 0.15) is 11.7 Å². The number of nitrogens with zero attached hydrogens (tertiary/aromatic N) is 7. The largest absolute Gasteiger partial charge is 0.353 e. The van der Waals surface area contributed by atoms with Crippen LogP contribution in [0, 0.1) is 11.3 Å². The van der Waals surface area contributed by atoms with E-state index >= 15 is 0 Å². The third-order valence-electron chi connectivity index (χ3n) is 3.49. The SMILES string of the molecule is CN(C)c1ncc(CN(C)c2nc3ccccn3c2C#N)cn1. The molecule has 0 aromatic carbocycles. The first-order valence-corrected chi connectivity index (χ1v) is 7.16. The van der Waals surface area contributed by atoms with Crippen LogP contribution in [0.5, 0.6) is 0 Å². The molecule has 0 N–H and O–H groups in total. The molecule has 0 aliphatic carbocycles. The van der Waals surface area contributed by atoms with Gasteiger partial charge in [-0.15, -0.1) is 0 Å². The van der Waals surface area contributed by atoms with Crippen molar-refractivity contribution in [2.45, 2.75) is 6.54 Å². The lowest BCUT2D eigenvalue weighted by Crippen LogP contribution is -2.19. The van der Waals surface area contributed by atoms with Gasteiger partial charge in [-0.1, -0.05) is 6.07 Å². The first kappa shape index (κ1) is 14.8. The van der Waals surface area contributed by atoms with E-state index in [4.69, 9.17) is 0 Å². The maximum absolute atomic E-state index is 9.45. The zero-order chi connectivity index (χ0) is 16.4. The summed E-state index contributed by atoms with van der Waals surface area (Å²) in [5.41, 5.74) is 2.23. The highest BCUT2D eigenvalue weighted by atomic mass is 15.2. The molecule has 0 amide bonds. The van der Waals surface area contributed by atoms with Crippen molar-refractivity contribution < 1.29 is 0 Å². The summed E-state index contributed by atoms with van der Waals surface area (Å²) in [7, 11) is 5.70. The van der Waals surface area contributed by atoms with Crippen LogP contribution in [0.2, 0.25) is 0 Å². The Bertz CT molecular complexity index is 858. The minimum Gasteiger partial charge on any atom is -0.353 e. The average molecular weight is 307 g/mol. The number of nitriles is 1. The third-order valence-corrected chi connectivity index (χ3v) is 3.49. The molecule has 0 radical (unpaired) electrons. The summed E-state index contributed by atoms with van der Waals surface area (Å²) < 4.78 is 1.79. The molecule has 0 atom stereocenters. The Hall–Kier alpha value is -3.14. The van der Waals surface area contributed by atoms with Gasteiger partial charge in [-0.2, -0.15) is 5.26 Å². The molecule has 0 fully saturated rings. The Morgan fingerprint density at radius 1 is 1.17 bits per heavy atom. The van der Waals surface area contributed by atoms with E-state index in [1.807, 2.05) is 55.3 Å². The van der Waals surface area contributed by atoms with Gasteiger partial charge in [0.2, 0.25) is 5.95 Å². The molecule has 0 unspecified atom stereocenters. The van der Waals surface area contributed by atoms with Gasteiger partial charge in [0.05, 0.1) is 0 Å². The van der Waals surface area contributed by atoms with Crippen molar-refractivity contribution >= 4 is 17.4 Å². The first-order valence-electron chi connectivity index (χ1n) is 7.16. The summed E-state index contributed by atoms with van der Waals surface area (Å²) in [6.45, 7) is 0.576. The number of hydrogen-bond donors (Lipinski definition) is 0. The van der Waals surface area contributed by atoms with Crippen molar-refractivity contribution in [1.82, 2.24) is 19.4 Å². The quantitative estimate of drug-likeness (QED) is 0.730. The highest BCUT2D eigenvalue weighted by Gasteiger charge is 2.15. The van der Waals surface area contributed by atoms with E-state index in [0.29, 0.717) is 24.0 Å². The second-order valence-electron chi connectivity index (χ2n) is 5.47. The summed E-state index contributed by atoms with van der Waals surface area (Å²) in [5.74, 6) is 1.32. The molecule has 3 aromatic rings. The van der Waals surface area contributed by atoms with Gasteiger partial charge in [0.15, 0.2) is 11.5 Å². The zero-order valence-corrected chi connectivity index (χ0v) is 13.3. The number of pyridine rings is 1. The van der Waals surface area contributed by atoms with Crippen molar-refractivity contribution in [2.24, 2.45) is 0 Å². The van der Waals surface area contributed by atoms with Gasteiger partial charge in [-0.05, 0) is 12.1 Å². The number of aromatic nitrogens is 4. The molecule has 7 nitrogen and oxygen atoms in total. The smallest absolute Gasteiger partial charge is 0.224 e. The molecule has 0 aliphatic heterocycles. The summed E-state index contributed by atoms with van der Waals surface area (Å²) in [6, 6.07) is 7.90. The second kappa shape index (κ2) is 5.93. The van der Waals surface area contributed by atoms with E-state index in [1.165, 1.54) is 0 Å². The highest BCUT2D eigenvalue weighted by molar-refractivity contribution is 5.60. The third kappa shape index (κ3) is 2.79. The summed E-state index contributed by atoms with van der Waals surface area (Å²) in [4.78, 5) is 16.9. The Balaban J connectivity index is 1.88. The lowest BCUT2D eigenvalue weighted by atomic mass is 10.3. The van der Waals surface area contributed by atoms with E-state index in [2.05, 4.69) is 21.0 Å². The predicted octanol–water partition coefficient (Wildman–Crippen LogP) is 1.70. The van der Waals surface area contributed by atoms with Crippen LogP contribution in [0.4, 0.5) is 11.8 Å². The topological polar surface area (TPSA) is 73.3 Å². The summed E-state index contributed by atoms with van der Waals surface area (Å²) >= 11 is 0. The van der Waals surface area contributed by atoms with Gasteiger partial charge in [0.25, 0.3) is 0 Å². The lowest BCUT2D eigenvalue weighted by Gasteiger charge is -2.17. The zero-order valence-electron chi connectivity index (χ0n) is 13.3. The van der Waals surface area contributed by atoms with Crippen LogP contribution < -0.4 is 9.80 Å². The Morgan fingerprint density at radius 2 is 1.91 bits per heavy atom. The van der Waals surface area contributed by atoms with Crippen molar-refractivity contribution in [3.63, 3.8) is 0 Å². The second-order valence-corrected chi connectivity index (χ2v) is 5.47. The molecule has 116 valence electrons. The van der Waals surface area contributed by atoms with Gasteiger partial charge in [-0.3, -0.25) is 4.40 Å². The lowest BCUT2D eigenvalue weighted by molar-refractivity contribution is 0.878. The van der Waals surface area contributed by atoms with Crippen LogP contribution in [0.1, 0.15) is 11.3 Å². The first-order chi connectivity index (χ1) is 11.1. The summed E-state index contributed by atoms with van der Waals surface area (Å²) in [6.07, 6.45) is 5.43. The summed E-state index contributed by atoms with van der Waals surface area (Å²) in [5, 5.41) is 9.45. The molecule has 0 saturated carbocycles. The van der Waals surface area contributed by atoms with Gasteiger partial charge in [0, 0.05) is 51.8 Å². The van der Waals surface area contributed by atoms with Crippen LogP contribution in [0.15, 0.2) is 36.8 Å². The fourth-order valence-electron chi connectivity index (χ4n) is 2.36. The van der Waals surface area contributed by atoms with Gasteiger partial charge in [-0.25, -0.2) is 15.0 Å². The van der Waals surface area contributed by atoms with Gasteiger partial charge >= 0.3 is 0 Å². The van der Waals surface area contributed by atoms with Gasteiger partial charge < -0.3 is 9.80 Å². The molecular formula is C16H17N7. The number of anilines is 2. The monoisotopic (exact) mass is 307 g/mol. The minimum absolute atomic E-state index is 0.522. The van der Waals surface area contributed by atoms with Crippen molar-refractivity contribution in [1.29, 1.82) is 5.26 Å². The van der Waals surface area contributed by atoms with Crippen LogP contribution in [-0.4, -0.2) is 40.5 Å². The van der Waals surface area contributed by atoms with Crippen LogP contribution in [-0.2, 0) is 6.54 Å². The van der Waals surface area contributed by atoms with E-state index < -0.39 is 0 Å². The van der Waals surface area contributed by atoms with Crippen molar-refractivity contribution in [3.05, 3.63) is 48.0 Å². The molecule has 0 saturated heterocycles. The molecule has 0 aliphatic rings. The van der Waals surface area contributed by atoms with Crippen LogP contribution in [0.25, 0.3) is 5.65 Å². The molecule has 23 heavy (non-hydrogen) atoms. The standard InChI is InChI=1S/C16H17N7/c1-21(2)16-18-9-12(10-19-16)11-22(3)15-13(8-17)23-7-5-4-6-14(23)20-15/h4-7,9-10H,11H2,1-3H3. The number of fused-ring (bicyclic) bond motifs is 1. The van der Waals surface area contributed by atoms with Crippen molar-refractivity contribution in [2.75, 3.05) is 30.9 Å². The molecule has 3 aromatic heterocycles. The molecule has 3 rings (SSSR count). The van der Waals surface area contributed by atoms with Crippen LogP contribution >= 0.6 is 0 Å². The van der Waals surface area contributed by atoms with Crippen LogP contribution in [0.3, 0.4) is 0 Å². The Labute approximate surface area is 134 Å². The number of hydrogen-bond acceptors (Lipinski definition) is 6. The minimum atomic E-state index is 0.522. The molecule has 7 heteroatoms. The highest BCUT2D eigenvalue weighted by Crippen LogP contribution is 2.21. The fraction of sp³-hybridized carbons (Fsp3) is 0.250. The predicted molar refractivity (Wildman–Crippen MR) is 88.4 cm³/mol. The number of rotatable bonds is 4. The fourth-order valence-corrected chi connectivity index (χ4v) is 2.36. The van der Waals surface area contributed by atoms with E-state index in [1.54, 1.807) is 16.8 Å². The van der Waals surface area contributed by atoms with Crippen molar-refractivity contribution in [3.8, 4) is 6.07 Å². The maximum atomic E-state index is 9.45. The van der Waals surface area contributed by atoms with E-state index in [-0.39, 0.29) is 0 Å². The Kier molecular flexibility index (Phi) is 3.81. The normalized spacial score (nSPS) is 10.5.